The predicted octanol–water partition coefficient (Wildman–Crippen LogP) is 3.71. The molecule has 0 N–H and O–H groups in total. The fraction of sp³-hybridized carbons (Fsp3) is 0.545. The van der Waals surface area contributed by atoms with Crippen molar-refractivity contribution in [2.45, 2.75) is 32.6 Å². The molecule has 0 spiro atoms. The molecule has 0 nitrogen and oxygen atoms in total. The van der Waals surface area contributed by atoms with Crippen molar-refractivity contribution in [1.29, 1.82) is 0 Å². The minimum Gasteiger partial charge on any atom is -0.133 e. The van der Waals surface area contributed by atoms with Gasteiger partial charge in [-0.2, -0.15) is 0 Å². The summed E-state index contributed by atoms with van der Waals surface area (Å²) in [5.74, 6) is 0.616. The molecule has 0 fully saturated rings. The lowest BCUT2D eigenvalue weighted by Crippen LogP contribution is -1.93. The highest BCUT2D eigenvalue weighted by Gasteiger charge is 1.99. The van der Waals surface area contributed by atoms with Gasteiger partial charge in [0.15, 0.2) is 0 Å². The molecule has 0 aliphatic carbocycles. The van der Waals surface area contributed by atoms with Crippen LogP contribution >= 0.6 is 0 Å². The summed E-state index contributed by atoms with van der Waals surface area (Å²) >= 11 is 0. The van der Waals surface area contributed by atoms with E-state index in [0.29, 0.717) is 5.92 Å². The molecule has 1 unspecified atom stereocenters. The molecule has 62 valence electrons. The quantitative estimate of drug-likeness (QED) is 0.400. The standard InChI is InChI=1S/C11H18/c1-4-7-10-11(8-5-2)9-6-3/h5,9,11H,2-4,7-8,10H2,1H3. The van der Waals surface area contributed by atoms with Crippen LogP contribution in [0, 0.1) is 5.92 Å². The molecule has 0 aromatic rings. The van der Waals surface area contributed by atoms with Crippen molar-refractivity contribution in [2.75, 3.05) is 0 Å². The van der Waals surface area contributed by atoms with Crippen LogP contribution in [0.25, 0.3) is 0 Å². The van der Waals surface area contributed by atoms with Gasteiger partial charge in [0, 0.05) is 0 Å². The Bertz CT molecular complexity index is 138. The van der Waals surface area contributed by atoms with E-state index in [4.69, 9.17) is 0 Å². The maximum atomic E-state index is 3.72. The van der Waals surface area contributed by atoms with E-state index in [1.807, 2.05) is 6.08 Å². The van der Waals surface area contributed by atoms with E-state index < -0.39 is 0 Å². The van der Waals surface area contributed by atoms with Gasteiger partial charge in [-0.1, -0.05) is 32.4 Å². The molecule has 0 heteroatoms. The number of rotatable bonds is 6. The lowest BCUT2D eigenvalue weighted by molar-refractivity contribution is 0.562. The third-order valence-corrected chi connectivity index (χ3v) is 1.75. The summed E-state index contributed by atoms with van der Waals surface area (Å²) in [6.45, 7) is 9.51. The Kier molecular flexibility index (Phi) is 6.87. The summed E-state index contributed by atoms with van der Waals surface area (Å²) in [6.07, 6.45) is 8.87. The first-order valence-corrected chi connectivity index (χ1v) is 4.32. The summed E-state index contributed by atoms with van der Waals surface area (Å²) in [7, 11) is 0. The fourth-order valence-corrected chi connectivity index (χ4v) is 1.12. The van der Waals surface area contributed by atoms with Gasteiger partial charge in [-0.3, -0.25) is 0 Å². The fourth-order valence-electron chi connectivity index (χ4n) is 1.12. The van der Waals surface area contributed by atoms with Gasteiger partial charge in [0.2, 0.25) is 0 Å². The smallest absolute Gasteiger partial charge is 0.0123 e. The Morgan fingerprint density at radius 3 is 2.73 bits per heavy atom. The molecule has 0 aromatic carbocycles. The van der Waals surface area contributed by atoms with Crippen molar-refractivity contribution in [3.63, 3.8) is 0 Å². The van der Waals surface area contributed by atoms with Gasteiger partial charge >= 0.3 is 0 Å². The van der Waals surface area contributed by atoms with E-state index in [9.17, 15) is 0 Å². The molecular weight excluding hydrogens is 132 g/mol. The molecule has 0 aliphatic rings. The van der Waals surface area contributed by atoms with E-state index >= 15 is 0 Å². The maximum absolute atomic E-state index is 3.72. The topological polar surface area (TPSA) is 0 Å². The van der Waals surface area contributed by atoms with Crippen LogP contribution in [0.15, 0.2) is 31.0 Å². The molecule has 0 saturated heterocycles. The van der Waals surface area contributed by atoms with Crippen molar-refractivity contribution >= 4 is 0 Å². The zero-order valence-corrected chi connectivity index (χ0v) is 7.47. The molecule has 0 aliphatic heterocycles. The Labute approximate surface area is 70.3 Å². The highest BCUT2D eigenvalue weighted by molar-refractivity contribution is 4.88. The van der Waals surface area contributed by atoms with Crippen LogP contribution in [0.4, 0.5) is 0 Å². The van der Waals surface area contributed by atoms with Gasteiger partial charge < -0.3 is 0 Å². The second-order valence-corrected chi connectivity index (χ2v) is 2.80. The molecule has 0 bridgehead atoms. The minimum absolute atomic E-state index is 0.616. The first-order chi connectivity index (χ1) is 5.35. The minimum atomic E-state index is 0.616. The Balaban J connectivity index is 3.68. The summed E-state index contributed by atoms with van der Waals surface area (Å²) in [5.41, 5.74) is 2.84. The van der Waals surface area contributed by atoms with Gasteiger partial charge in [0.05, 0.1) is 0 Å². The van der Waals surface area contributed by atoms with E-state index in [-0.39, 0.29) is 0 Å². The van der Waals surface area contributed by atoms with Crippen LogP contribution in [0.1, 0.15) is 32.6 Å². The average molecular weight is 150 g/mol. The summed E-state index contributed by atoms with van der Waals surface area (Å²) < 4.78 is 0. The molecule has 0 heterocycles. The lowest BCUT2D eigenvalue weighted by Gasteiger charge is -2.06. The van der Waals surface area contributed by atoms with E-state index in [2.05, 4.69) is 31.9 Å². The van der Waals surface area contributed by atoms with Gasteiger partial charge in [-0.05, 0) is 24.8 Å². The first-order valence-electron chi connectivity index (χ1n) is 4.32. The van der Waals surface area contributed by atoms with Crippen LogP contribution < -0.4 is 0 Å². The van der Waals surface area contributed by atoms with Crippen LogP contribution in [-0.4, -0.2) is 0 Å². The summed E-state index contributed by atoms with van der Waals surface area (Å²) in [5, 5.41) is 0. The zero-order valence-electron chi connectivity index (χ0n) is 7.47. The Hall–Kier alpha value is -0.740. The van der Waals surface area contributed by atoms with E-state index in [1.165, 1.54) is 19.3 Å². The predicted molar refractivity (Wildman–Crippen MR) is 51.5 cm³/mol. The van der Waals surface area contributed by atoms with Crippen LogP contribution in [0.2, 0.25) is 0 Å². The first kappa shape index (κ1) is 10.3. The van der Waals surface area contributed by atoms with Gasteiger partial charge in [0.1, 0.15) is 0 Å². The summed E-state index contributed by atoms with van der Waals surface area (Å²) in [4.78, 5) is 0. The van der Waals surface area contributed by atoms with E-state index in [1.54, 1.807) is 0 Å². The molecule has 1 atom stereocenters. The van der Waals surface area contributed by atoms with Crippen LogP contribution in [0.3, 0.4) is 0 Å². The number of unbranched alkanes of at least 4 members (excludes halogenated alkanes) is 1. The highest BCUT2D eigenvalue weighted by Crippen LogP contribution is 2.13. The lowest BCUT2D eigenvalue weighted by atomic mass is 9.99. The largest absolute Gasteiger partial charge is 0.133 e. The van der Waals surface area contributed by atoms with Crippen molar-refractivity contribution < 1.29 is 0 Å². The Morgan fingerprint density at radius 1 is 1.55 bits per heavy atom. The third-order valence-electron chi connectivity index (χ3n) is 1.75. The zero-order chi connectivity index (χ0) is 8.53. The maximum Gasteiger partial charge on any atom is -0.0123 e. The Morgan fingerprint density at radius 2 is 2.27 bits per heavy atom. The molecule has 11 heavy (non-hydrogen) atoms. The van der Waals surface area contributed by atoms with Crippen LogP contribution in [-0.2, 0) is 0 Å². The highest BCUT2D eigenvalue weighted by atomic mass is 14.0. The average Bonchev–Trinajstić information content (AvgIpc) is 2.01. The van der Waals surface area contributed by atoms with E-state index in [0.717, 1.165) is 6.42 Å². The molecule has 0 rings (SSSR count). The number of hydrogen-bond acceptors (Lipinski definition) is 0. The normalized spacial score (nSPS) is 11.7. The number of allylic oxidation sites excluding steroid dienone is 2. The summed E-state index contributed by atoms with van der Waals surface area (Å²) in [6, 6.07) is 0. The number of hydrogen-bond donors (Lipinski definition) is 0. The van der Waals surface area contributed by atoms with Gasteiger partial charge in [-0.25, -0.2) is 0 Å². The molecule has 0 saturated carbocycles. The second-order valence-electron chi connectivity index (χ2n) is 2.80. The van der Waals surface area contributed by atoms with Crippen molar-refractivity contribution in [2.24, 2.45) is 5.92 Å². The monoisotopic (exact) mass is 150 g/mol. The van der Waals surface area contributed by atoms with Crippen molar-refractivity contribution in [3.8, 4) is 0 Å². The molecule has 0 radical (unpaired) electrons. The molecule has 0 amide bonds. The second kappa shape index (κ2) is 7.37. The van der Waals surface area contributed by atoms with Gasteiger partial charge in [0.25, 0.3) is 0 Å². The SMILES string of the molecule is C=C=CC(CC=C)CCCC. The van der Waals surface area contributed by atoms with Crippen LogP contribution in [0.5, 0.6) is 0 Å². The third kappa shape index (κ3) is 5.69. The van der Waals surface area contributed by atoms with Crippen molar-refractivity contribution in [3.05, 3.63) is 31.0 Å². The van der Waals surface area contributed by atoms with Crippen molar-refractivity contribution in [1.82, 2.24) is 0 Å². The van der Waals surface area contributed by atoms with Gasteiger partial charge in [-0.15, -0.1) is 12.3 Å². The molecular formula is C11H18. The molecule has 0 aromatic heterocycles.